The van der Waals surface area contributed by atoms with Crippen LogP contribution in [0.1, 0.15) is 12.8 Å². The second-order valence-corrected chi connectivity index (χ2v) is 5.91. The molecule has 126 valence electrons. The number of carbonyl (C=O) groups excluding carboxylic acids is 1. The maximum Gasteiger partial charge on any atom is 0.264 e. The molecular weight excluding hydrogens is 307 g/mol. The second kappa shape index (κ2) is 7.34. The Morgan fingerprint density at radius 3 is 2.54 bits per heavy atom. The second-order valence-electron chi connectivity index (χ2n) is 5.91. The highest BCUT2D eigenvalue weighted by Gasteiger charge is 2.15. The highest BCUT2D eigenvalue weighted by Crippen LogP contribution is 2.23. The molecule has 1 aliphatic rings. The molecule has 0 bridgehead atoms. The summed E-state index contributed by atoms with van der Waals surface area (Å²) >= 11 is 0. The fourth-order valence-corrected chi connectivity index (χ4v) is 2.81. The number of benzene rings is 2. The van der Waals surface area contributed by atoms with Crippen LogP contribution in [0, 0.1) is 5.82 Å². The summed E-state index contributed by atoms with van der Waals surface area (Å²) in [5.74, 6) is -0.222. The number of likely N-dealkylation sites (N-methyl/N-ethyl adjacent to an activating group) is 1. The van der Waals surface area contributed by atoms with Crippen molar-refractivity contribution in [3.8, 4) is 5.75 Å². The summed E-state index contributed by atoms with van der Waals surface area (Å²) in [7, 11) is 1.71. The molecule has 0 unspecified atom stereocenters. The van der Waals surface area contributed by atoms with Crippen molar-refractivity contribution in [3.63, 3.8) is 0 Å². The lowest BCUT2D eigenvalue weighted by Crippen LogP contribution is -2.31. The fraction of sp³-hybridized carbons (Fsp3) is 0.316. The van der Waals surface area contributed by atoms with Gasteiger partial charge in [-0.3, -0.25) is 4.79 Å². The number of amides is 1. The minimum atomic E-state index is -0.384. The predicted molar refractivity (Wildman–Crippen MR) is 93.2 cm³/mol. The largest absolute Gasteiger partial charge is 0.484 e. The van der Waals surface area contributed by atoms with Crippen molar-refractivity contribution in [2.45, 2.75) is 12.8 Å². The minimum Gasteiger partial charge on any atom is -0.484 e. The zero-order valence-corrected chi connectivity index (χ0v) is 13.7. The standard InChI is InChI=1S/C19H21FN2O2/c1-21(19(23)14-24-18-6-4-5-15(20)13-18)16-7-9-17(10-8-16)22-11-2-3-12-22/h4-10,13H,2-3,11-12,14H2,1H3. The van der Waals surface area contributed by atoms with Gasteiger partial charge in [0.25, 0.3) is 5.91 Å². The van der Waals surface area contributed by atoms with E-state index in [0.717, 1.165) is 18.8 Å². The van der Waals surface area contributed by atoms with Crippen LogP contribution in [-0.4, -0.2) is 32.7 Å². The summed E-state index contributed by atoms with van der Waals surface area (Å²) in [5, 5.41) is 0. The van der Waals surface area contributed by atoms with E-state index in [-0.39, 0.29) is 18.3 Å². The molecule has 0 N–H and O–H groups in total. The minimum absolute atomic E-state index is 0.131. The molecule has 2 aromatic rings. The van der Waals surface area contributed by atoms with E-state index in [1.807, 2.05) is 24.3 Å². The quantitative estimate of drug-likeness (QED) is 0.842. The first kappa shape index (κ1) is 16.3. The monoisotopic (exact) mass is 328 g/mol. The van der Waals surface area contributed by atoms with Gasteiger partial charge in [0.1, 0.15) is 11.6 Å². The van der Waals surface area contributed by atoms with Crippen molar-refractivity contribution in [1.29, 1.82) is 0 Å². The molecule has 3 rings (SSSR count). The van der Waals surface area contributed by atoms with Crippen molar-refractivity contribution < 1.29 is 13.9 Å². The number of anilines is 2. The number of rotatable bonds is 5. The van der Waals surface area contributed by atoms with Crippen molar-refractivity contribution in [1.82, 2.24) is 0 Å². The Bertz CT molecular complexity index is 697. The van der Waals surface area contributed by atoms with E-state index in [0.29, 0.717) is 5.75 Å². The van der Waals surface area contributed by atoms with Crippen molar-refractivity contribution in [2.75, 3.05) is 36.5 Å². The van der Waals surface area contributed by atoms with Crippen LogP contribution in [0.15, 0.2) is 48.5 Å². The van der Waals surface area contributed by atoms with Gasteiger partial charge < -0.3 is 14.5 Å². The molecule has 1 aliphatic heterocycles. The Morgan fingerprint density at radius 1 is 1.17 bits per heavy atom. The highest BCUT2D eigenvalue weighted by atomic mass is 19.1. The van der Waals surface area contributed by atoms with E-state index < -0.39 is 0 Å². The topological polar surface area (TPSA) is 32.8 Å². The van der Waals surface area contributed by atoms with Crippen LogP contribution < -0.4 is 14.5 Å². The van der Waals surface area contributed by atoms with E-state index >= 15 is 0 Å². The Morgan fingerprint density at radius 2 is 1.88 bits per heavy atom. The molecule has 4 nitrogen and oxygen atoms in total. The van der Waals surface area contributed by atoms with Gasteiger partial charge >= 0.3 is 0 Å². The predicted octanol–water partition coefficient (Wildman–Crippen LogP) is 3.47. The SMILES string of the molecule is CN(C(=O)COc1cccc(F)c1)c1ccc(N2CCCC2)cc1. The lowest BCUT2D eigenvalue weighted by atomic mass is 10.2. The van der Waals surface area contributed by atoms with Crippen LogP contribution in [0.3, 0.4) is 0 Å². The molecule has 0 atom stereocenters. The van der Waals surface area contributed by atoms with Gasteiger partial charge in [-0.25, -0.2) is 4.39 Å². The maximum atomic E-state index is 13.1. The van der Waals surface area contributed by atoms with E-state index in [1.165, 1.54) is 30.7 Å². The van der Waals surface area contributed by atoms with Crippen LogP contribution in [0.2, 0.25) is 0 Å². The van der Waals surface area contributed by atoms with Crippen LogP contribution in [0.5, 0.6) is 5.75 Å². The molecule has 1 saturated heterocycles. The van der Waals surface area contributed by atoms with Gasteiger partial charge in [0.05, 0.1) is 0 Å². The first-order chi connectivity index (χ1) is 11.6. The van der Waals surface area contributed by atoms with Crippen molar-refractivity contribution in [2.24, 2.45) is 0 Å². The molecule has 24 heavy (non-hydrogen) atoms. The average Bonchev–Trinajstić information content (AvgIpc) is 3.14. The number of hydrogen-bond donors (Lipinski definition) is 0. The third-order valence-corrected chi connectivity index (χ3v) is 4.24. The number of halogens is 1. The van der Waals surface area contributed by atoms with Gasteiger partial charge in [0.2, 0.25) is 0 Å². The normalized spacial score (nSPS) is 13.8. The molecule has 0 saturated carbocycles. The van der Waals surface area contributed by atoms with E-state index in [9.17, 15) is 9.18 Å². The fourth-order valence-electron chi connectivity index (χ4n) is 2.81. The molecule has 1 heterocycles. The zero-order chi connectivity index (χ0) is 16.9. The van der Waals surface area contributed by atoms with Gasteiger partial charge in [-0.2, -0.15) is 0 Å². The number of ether oxygens (including phenoxy) is 1. The van der Waals surface area contributed by atoms with Crippen molar-refractivity contribution >= 4 is 17.3 Å². The van der Waals surface area contributed by atoms with E-state index in [4.69, 9.17) is 4.74 Å². The lowest BCUT2D eigenvalue weighted by Gasteiger charge is -2.21. The molecule has 2 aromatic carbocycles. The summed E-state index contributed by atoms with van der Waals surface area (Å²) in [4.78, 5) is 16.1. The van der Waals surface area contributed by atoms with Gasteiger partial charge in [0, 0.05) is 37.6 Å². The van der Waals surface area contributed by atoms with Gasteiger partial charge in [-0.1, -0.05) is 6.07 Å². The summed E-state index contributed by atoms with van der Waals surface area (Å²) in [6.45, 7) is 2.05. The molecule has 0 spiro atoms. The van der Waals surface area contributed by atoms with Crippen LogP contribution in [-0.2, 0) is 4.79 Å². The zero-order valence-electron chi connectivity index (χ0n) is 13.7. The molecule has 1 fully saturated rings. The molecule has 0 aliphatic carbocycles. The number of nitrogens with zero attached hydrogens (tertiary/aromatic N) is 2. The highest BCUT2D eigenvalue weighted by molar-refractivity contribution is 5.94. The molecule has 0 aromatic heterocycles. The van der Waals surface area contributed by atoms with E-state index in [2.05, 4.69) is 4.90 Å². The summed E-state index contributed by atoms with van der Waals surface area (Å²) in [6.07, 6.45) is 2.47. The summed E-state index contributed by atoms with van der Waals surface area (Å²) in [6, 6.07) is 13.7. The Labute approximate surface area is 141 Å². The van der Waals surface area contributed by atoms with Crippen LogP contribution >= 0.6 is 0 Å². The van der Waals surface area contributed by atoms with Gasteiger partial charge in [-0.15, -0.1) is 0 Å². The smallest absolute Gasteiger partial charge is 0.264 e. The molecule has 1 amide bonds. The summed E-state index contributed by atoms with van der Waals surface area (Å²) in [5.41, 5.74) is 2.00. The lowest BCUT2D eigenvalue weighted by molar-refractivity contribution is -0.120. The van der Waals surface area contributed by atoms with Crippen LogP contribution in [0.25, 0.3) is 0 Å². The van der Waals surface area contributed by atoms with E-state index in [1.54, 1.807) is 24.1 Å². The number of carbonyl (C=O) groups is 1. The Balaban J connectivity index is 1.58. The number of hydrogen-bond acceptors (Lipinski definition) is 3. The average molecular weight is 328 g/mol. The van der Waals surface area contributed by atoms with Crippen LogP contribution in [0.4, 0.5) is 15.8 Å². The third-order valence-electron chi connectivity index (χ3n) is 4.24. The third kappa shape index (κ3) is 3.85. The summed E-state index contributed by atoms with van der Waals surface area (Å²) < 4.78 is 18.5. The maximum absolute atomic E-state index is 13.1. The van der Waals surface area contributed by atoms with Crippen molar-refractivity contribution in [3.05, 3.63) is 54.3 Å². The molecule has 5 heteroatoms. The van der Waals surface area contributed by atoms with Gasteiger partial charge in [-0.05, 0) is 49.2 Å². The Hall–Kier alpha value is -2.56. The molecule has 0 radical (unpaired) electrons. The first-order valence-corrected chi connectivity index (χ1v) is 8.13. The molecular formula is C19H21FN2O2. The van der Waals surface area contributed by atoms with Gasteiger partial charge in [0.15, 0.2) is 6.61 Å². The Kier molecular flexibility index (Phi) is 4.99. The first-order valence-electron chi connectivity index (χ1n) is 8.13.